The zero-order valence-electron chi connectivity index (χ0n) is 6.14. The Bertz CT molecular complexity index is 175. The first-order chi connectivity index (χ1) is 4.74. The minimum atomic E-state index is 0.485. The van der Waals surface area contributed by atoms with Gasteiger partial charge in [0.1, 0.15) is 0 Å². The first-order valence-electron chi connectivity index (χ1n) is 3.96. The van der Waals surface area contributed by atoms with Gasteiger partial charge in [-0.25, -0.2) is 0 Å². The van der Waals surface area contributed by atoms with Crippen LogP contribution in [-0.4, -0.2) is 6.04 Å². The molecule has 2 aliphatic rings. The van der Waals surface area contributed by atoms with E-state index in [1.165, 1.54) is 25.7 Å². The van der Waals surface area contributed by atoms with Crippen LogP contribution >= 0.6 is 0 Å². The van der Waals surface area contributed by atoms with Crippen molar-refractivity contribution >= 4 is 0 Å². The van der Waals surface area contributed by atoms with Gasteiger partial charge in [-0.05, 0) is 31.1 Å². The van der Waals surface area contributed by atoms with Crippen molar-refractivity contribution in [2.75, 3.05) is 0 Å². The van der Waals surface area contributed by atoms with E-state index >= 15 is 0 Å². The number of hydrogen-bond acceptors (Lipinski definition) is 1. The molecule has 0 heterocycles. The van der Waals surface area contributed by atoms with Crippen molar-refractivity contribution in [3.8, 4) is 12.3 Å². The molecule has 2 rings (SSSR count). The van der Waals surface area contributed by atoms with Crippen LogP contribution < -0.4 is 5.73 Å². The molecule has 2 aliphatic carbocycles. The van der Waals surface area contributed by atoms with Crippen molar-refractivity contribution < 1.29 is 0 Å². The SMILES string of the molecule is C#CC1CC2(CC(N)C2)C1. The topological polar surface area (TPSA) is 26.0 Å². The lowest BCUT2D eigenvalue weighted by atomic mass is 9.50. The van der Waals surface area contributed by atoms with Crippen molar-refractivity contribution in [2.24, 2.45) is 17.1 Å². The molecule has 0 aromatic heterocycles. The van der Waals surface area contributed by atoms with Crippen molar-refractivity contribution in [3.05, 3.63) is 0 Å². The van der Waals surface area contributed by atoms with Gasteiger partial charge in [-0.2, -0.15) is 0 Å². The van der Waals surface area contributed by atoms with Gasteiger partial charge in [-0.1, -0.05) is 0 Å². The van der Waals surface area contributed by atoms with E-state index in [4.69, 9.17) is 12.2 Å². The minimum Gasteiger partial charge on any atom is -0.328 e. The van der Waals surface area contributed by atoms with E-state index in [0.717, 1.165) is 0 Å². The van der Waals surface area contributed by atoms with Crippen molar-refractivity contribution in [2.45, 2.75) is 31.7 Å². The Morgan fingerprint density at radius 2 is 1.90 bits per heavy atom. The van der Waals surface area contributed by atoms with Crippen molar-refractivity contribution in [1.29, 1.82) is 0 Å². The molecular weight excluding hydrogens is 122 g/mol. The van der Waals surface area contributed by atoms with Gasteiger partial charge in [-0.15, -0.1) is 12.3 Å². The number of terminal acetylenes is 1. The molecule has 0 aromatic rings. The second-order valence-electron chi connectivity index (χ2n) is 3.94. The maximum atomic E-state index is 5.70. The smallest absolute Gasteiger partial charge is 0.0210 e. The van der Waals surface area contributed by atoms with Gasteiger partial charge >= 0.3 is 0 Å². The predicted octanol–water partition coefficient (Wildman–Crippen LogP) is 1.14. The highest BCUT2D eigenvalue weighted by atomic mass is 14.7. The highest BCUT2D eigenvalue weighted by Crippen LogP contribution is 2.57. The third-order valence-electron chi connectivity index (χ3n) is 2.98. The molecule has 2 N–H and O–H groups in total. The fourth-order valence-electron chi connectivity index (χ4n) is 2.49. The second kappa shape index (κ2) is 1.77. The van der Waals surface area contributed by atoms with E-state index in [0.29, 0.717) is 17.4 Å². The molecule has 2 fully saturated rings. The Kier molecular flexibility index (Phi) is 1.10. The summed E-state index contributed by atoms with van der Waals surface area (Å²) in [7, 11) is 0. The van der Waals surface area contributed by atoms with Gasteiger partial charge in [0.05, 0.1) is 0 Å². The van der Waals surface area contributed by atoms with Gasteiger partial charge < -0.3 is 5.73 Å². The van der Waals surface area contributed by atoms with Crippen LogP contribution in [0, 0.1) is 23.7 Å². The van der Waals surface area contributed by atoms with Crippen LogP contribution in [0.3, 0.4) is 0 Å². The molecule has 0 atom stereocenters. The van der Waals surface area contributed by atoms with E-state index in [-0.39, 0.29) is 0 Å². The third-order valence-corrected chi connectivity index (χ3v) is 2.98. The van der Waals surface area contributed by atoms with Crippen molar-refractivity contribution in [1.82, 2.24) is 0 Å². The summed E-state index contributed by atoms with van der Waals surface area (Å²) >= 11 is 0. The van der Waals surface area contributed by atoms with E-state index in [2.05, 4.69) is 5.92 Å². The Hall–Kier alpha value is -0.480. The van der Waals surface area contributed by atoms with Gasteiger partial charge in [0.2, 0.25) is 0 Å². The van der Waals surface area contributed by atoms with Gasteiger partial charge in [0.15, 0.2) is 0 Å². The Morgan fingerprint density at radius 3 is 2.30 bits per heavy atom. The highest BCUT2D eigenvalue weighted by Gasteiger charge is 2.50. The number of rotatable bonds is 0. The van der Waals surface area contributed by atoms with E-state index in [1.807, 2.05) is 0 Å². The van der Waals surface area contributed by atoms with E-state index < -0.39 is 0 Å². The largest absolute Gasteiger partial charge is 0.328 e. The summed E-state index contributed by atoms with van der Waals surface area (Å²) in [6, 6.07) is 0.485. The molecule has 0 bridgehead atoms. The molecular formula is C9H13N. The zero-order valence-corrected chi connectivity index (χ0v) is 6.14. The molecule has 0 amide bonds. The molecule has 0 aromatic carbocycles. The maximum absolute atomic E-state index is 5.70. The Morgan fingerprint density at radius 1 is 1.30 bits per heavy atom. The van der Waals surface area contributed by atoms with Crippen LogP contribution in [0.1, 0.15) is 25.7 Å². The third kappa shape index (κ3) is 0.690. The normalized spacial score (nSPS) is 51.2. The monoisotopic (exact) mass is 135 g/mol. The second-order valence-corrected chi connectivity index (χ2v) is 3.94. The summed E-state index contributed by atoms with van der Waals surface area (Å²) < 4.78 is 0. The highest BCUT2D eigenvalue weighted by molar-refractivity contribution is 5.12. The van der Waals surface area contributed by atoms with Crippen LogP contribution in [0.2, 0.25) is 0 Å². The Balaban J connectivity index is 1.86. The van der Waals surface area contributed by atoms with Crippen LogP contribution in [0.4, 0.5) is 0 Å². The predicted molar refractivity (Wildman–Crippen MR) is 41.2 cm³/mol. The lowest BCUT2D eigenvalue weighted by Crippen LogP contribution is -2.52. The summed E-state index contributed by atoms with van der Waals surface area (Å²) in [5.74, 6) is 3.38. The molecule has 0 unspecified atom stereocenters. The van der Waals surface area contributed by atoms with Crippen LogP contribution in [0.25, 0.3) is 0 Å². The molecule has 1 spiro atoms. The van der Waals surface area contributed by atoms with Crippen LogP contribution in [0.5, 0.6) is 0 Å². The average Bonchev–Trinajstić information content (AvgIpc) is 1.74. The first kappa shape index (κ1) is 6.24. The van der Waals surface area contributed by atoms with Gasteiger partial charge in [0.25, 0.3) is 0 Å². The molecule has 1 nitrogen and oxygen atoms in total. The summed E-state index contributed by atoms with van der Waals surface area (Å²) in [5.41, 5.74) is 6.32. The minimum absolute atomic E-state index is 0.485. The first-order valence-corrected chi connectivity index (χ1v) is 3.96. The van der Waals surface area contributed by atoms with E-state index in [1.54, 1.807) is 0 Å². The fourth-order valence-corrected chi connectivity index (χ4v) is 2.49. The van der Waals surface area contributed by atoms with Crippen LogP contribution in [0.15, 0.2) is 0 Å². The van der Waals surface area contributed by atoms with Gasteiger partial charge in [-0.3, -0.25) is 0 Å². The molecule has 0 saturated heterocycles. The molecule has 0 radical (unpaired) electrons. The van der Waals surface area contributed by atoms with Crippen molar-refractivity contribution in [3.63, 3.8) is 0 Å². The quantitative estimate of drug-likeness (QED) is 0.495. The van der Waals surface area contributed by atoms with Crippen LogP contribution in [-0.2, 0) is 0 Å². The molecule has 54 valence electrons. The number of nitrogens with two attached hydrogens (primary N) is 1. The summed E-state index contributed by atoms with van der Waals surface area (Å²) in [4.78, 5) is 0. The molecule has 1 heteroatoms. The molecule has 0 aliphatic heterocycles. The lowest BCUT2D eigenvalue weighted by Gasteiger charge is -2.55. The number of hydrogen-bond donors (Lipinski definition) is 1. The lowest BCUT2D eigenvalue weighted by molar-refractivity contribution is -0.0168. The average molecular weight is 135 g/mol. The van der Waals surface area contributed by atoms with E-state index in [9.17, 15) is 0 Å². The summed E-state index contributed by atoms with van der Waals surface area (Å²) in [6.07, 6.45) is 10.2. The fraction of sp³-hybridized carbons (Fsp3) is 0.778. The molecule has 10 heavy (non-hydrogen) atoms. The molecule has 2 saturated carbocycles. The Labute approximate surface area is 62.0 Å². The van der Waals surface area contributed by atoms with Gasteiger partial charge in [0, 0.05) is 12.0 Å². The zero-order chi connectivity index (χ0) is 7.19. The standard InChI is InChI=1S/C9H13N/c1-2-7-3-9(4-7)5-8(10)6-9/h1,7-8H,3-6,10H2. The summed E-state index contributed by atoms with van der Waals surface area (Å²) in [6.45, 7) is 0. The summed E-state index contributed by atoms with van der Waals surface area (Å²) in [5, 5.41) is 0. The maximum Gasteiger partial charge on any atom is 0.0210 e.